The quantitative estimate of drug-likeness (QED) is 0.605. The van der Waals surface area contributed by atoms with Crippen molar-refractivity contribution >= 4 is 27.9 Å². The van der Waals surface area contributed by atoms with Crippen LogP contribution in [0.5, 0.6) is 0 Å². The van der Waals surface area contributed by atoms with Gasteiger partial charge in [0.05, 0.1) is 5.39 Å². The van der Waals surface area contributed by atoms with Gasteiger partial charge in [0.25, 0.3) is 5.56 Å². The van der Waals surface area contributed by atoms with Crippen LogP contribution in [0.1, 0.15) is 16.9 Å². The van der Waals surface area contributed by atoms with E-state index in [-0.39, 0.29) is 5.56 Å². The van der Waals surface area contributed by atoms with E-state index in [0.717, 1.165) is 29.5 Å². The first-order valence-corrected chi connectivity index (χ1v) is 6.71. The van der Waals surface area contributed by atoms with E-state index in [1.807, 2.05) is 14.1 Å². The molecule has 18 heavy (non-hydrogen) atoms. The molecule has 2 aromatic heterocycles. The summed E-state index contributed by atoms with van der Waals surface area (Å²) in [6.07, 6.45) is 6.31. The second-order valence-corrected chi connectivity index (χ2v) is 5.71. The zero-order valence-corrected chi connectivity index (χ0v) is 11.2. The lowest BCUT2D eigenvalue weighted by Gasteiger charge is -2.03. The summed E-state index contributed by atoms with van der Waals surface area (Å²) in [5, 5.41) is 4.88. The second kappa shape index (κ2) is 4.20. The van der Waals surface area contributed by atoms with Gasteiger partial charge < -0.3 is 4.90 Å². The van der Waals surface area contributed by atoms with Gasteiger partial charge in [0.1, 0.15) is 17.5 Å². The molecule has 0 radical (unpaired) electrons. The van der Waals surface area contributed by atoms with Crippen LogP contribution in [0.15, 0.2) is 16.2 Å². The van der Waals surface area contributed by atoms with Gasteiger partial charge in [-0.1, -0.05) is 0 Å². The highest BCUT2D eigenvalue weighted by Gasteiger charge is 2.21. The van der Waals surface area contributed by atoms with E-state index < -0.39 is 0 Å². The molecule has 0 fully saturated rings. The number of rotatable bonds is 2. The Kier molecular flexibility index (Phi) is 2.66. The molecule has 0 saturated heterocycles. The lowest BCUT2D eigenvalue weighted by molar-refractivity contribution is 0.629. The van der Waals surface area contributed by atoms with Gasteiger partial charge in [-0.05, 0) is 24.8 Å². The molecule has 2 aromatic rings. The summed E-state index contributed by atoms with van der Waals surface area (Å²) >= 11 is 1.65. The van der Waals surface area contributed by atoms with Crippen molar-refractivity contribution in [2.75, 3.05) is 14.1 Å². The molecule has 0 bridgehead atoms. The van der Waals surface area contributed by atoms with E-state index in [1.54, 1.807) is 22.6 Å². The van der Waals surface area contributed by atoms with Gasteiger partial charge in [-0.15, -0.1) is 11.3 Å². The zero-order chi connectivity index (χ0) is 12.7. The van der Waals surface area contributed by atoms with E-state index >= 15 is 0 Å². The minimum atomic E-state index is -0.0579. The Morgan fingerprint density at radius 3 is 3.11 bits per heavy atom. The molecule has 0 aromatic carbocycles. The van der Waals surface area contributed by atoms with Gasteiger partial charge in [-0.25, -0.2) is 4.98 Å². The van der Waals surface area contributed by atoms with Gasteiger partial charge >= 0.3 is 0 Å². The molecule has 94 valence electrons. The monoisotopic (exact) mass is 262 g/mol. The molecule has 0 saturated carbocycles. The third-order valence-corrected chi connectivity index (χ3v) is 4.22. The topological polar surface area (TPSA) is 50.5 Å². The fraction of sp³-hybridized carbons (Fsp3) is 0.417. The smallest absolute Gasteiger partial charge is 0.283 e. The Bertz CT molecular complexity index is 683. The number of thiophene rings is 1. The maximum atomic E-state index is 12.4. The lowest BCUT2D eigenvalue weighted by Crippen LogP contribution is -2.19. The second-order valence-electron chi connectivity index (χ2n) is 4.63. The predicted molar refractivity (Wildman–Crippen MR) is 73.5 cm³/mol. The van der Waals surface area contributed by atoms with Gasteiger partial charge in [0, 0.05) is 19.0 Å². The van der Waals surface area contributed by atoms with Crippen molar-refractivity contribution in [2.24, 2.45) is 5.10 Å². The van der Waals surface area contributed by atoms with Gasteiger partial charge in [-0.3, -0.25) is 4.79 Å². The van der Waals surface area contributed by atoms with Gasteiger partial charge in [0.2, 0.25) is 0 Å². The molecular weight excluding hydrogens is 248 g/mol. The maximum absolute atomic E-state index is 12.4. The van der Waals surface area contributed by atoms with Crippen LogP contribution in [-0.2, 0) is 12.8 Å². The van der Waals surface area contributed by atoms with Crippen LogP contribution in [0.3, 0.4) is 0 Å². The minimum Gasteiger partial charge on any atom is -0.367 e. The molecule has 5 nitrogen and oxygen atoms in total. The normalized spacial score (nSPS) is 14.6. The minimum absolute atomic E-state index is 0.0579. The first-order valence-electron chi connectivity index (χ1n) is 5.89. The van der Waals surface area contributed by atoms with E-state index in [1.165, 1.54) is 21.4 Å². The number of hydrogen-bond donors (Lipinski definition) is 0. The summed E-state index contributed by atoms with van der Waals surface area (Å²) in [4.78, 5) is 20.6. The largest absolute Gasteiger partial charge is 0.367 e. The van der Waals surface area contributed by atoms with Crippen molar-refractivity contribution in [3.63, 3.8) is 0 Å². The summed E-state index contributed by atoms with van der Waals surface area (Å²) in [5.74, 6) is 0. The summed E-state index contributed by atoms with van der Waals surface area (Å²) in [6.45, 7) is 0. The third-order valence-electron chi connectivity index (χ3n) is 3.02. The highest BCUT2D eigenvalue weighted by atomic mass is 32.1. The average molecular weight is 262 g/mol. The molecule has 1 aliphatic carbocycles. The predicted octanol–water partition coefficient (Wildman–Crippen LogP) is 1.30. The third kappa shape index (κ3) is 1.73. The lowest BCUT2D eigenvalue weighted by atomic mass is 10.2. The van der Waals surface area contributed by atoms with Crippen LogP contribution < -0.4 is 5.56 Å². The molecular formula is C12H14N4OS. The van der Waals surface area contributed by atoms with Crippen LogP contribution >= 0.6 is 11.3 Å². The number of hydrogen-bond acceptors (Lipinski definition) is 4. The molecule has 0 unspecified atom stereocenters. The van der Waals surface area contributed by atoms with Crippen LogP contribution in [0.2, 0.25) is 0 Å². The van der Waals surface area contributed by atoms with Crippen molar-refractivity contribution in [1.29, 1.82) is 0 Å². The van der Waals surface area contributed by atoms with Crippen LogP contribution in [0.4, 0.5) is 0 Å². The fourth-order valence-electron chi connectivity index (χ4n) is 2.22. The summed E-state index contributed by atoms with van der Waals surface area (Å²) in [5.41, 5.74) is 1.14. The Labute approximate surface area is 108 Å². The standard InChI is InChI=1S/C12H14N4OS/c1-15(2)7-14-16-6-13-11-10(12(16)17)8-4-3-5-9(8)18-11/h6-7H,3-5H2,1-2H3. The SMILES string of the molecule is CN(C)C=Nn1cnc2sc3c(c2c1=O)CCC3. The molecule has 6 heteroatoms. The average Bonchev–Trinajstić information content (AvgIpc) is 2.87. The number of aromatic nitrogens is 2. The van der Waals surface area contributed by atoms with Crippen molar-refractivity contribution < 1.29 is 0 Å². The number of fused-ring (bicyclic) bond motifs is 3. The van der Waals surface area contributed by atoms with E-state index in [9.17, 15) is 4.79 Å². The van der Waals surface area contributed by atoms with Gasteiger partial charge in [-0.2, -0.15) is 9.78 Å². The first-order chi connectivity index (χ1) is 8.66. The molecule has 1 aliphatic rings. The first kappa shape index (κ1) is 11.4. The van der Waals surface area contributed by atoms with E-state index in [0.29, 0.717) is 0 Å². The highest BCUT2D eigenvalue weighted by molar-refractivity contribution is 7.18. The number of nitrogens with zero attached hydrogens (tertiary/aromatic N) is 4. The molecule has 0 atom stereocenters. The Morgan fingerprint density at radius 2 is 2.33 bits per heavy atom. The van der Waals surface area contributed by atoms with Crippen molar-refractivity contribution in [3.05, 3.63) is 27.1 Å². The summed E-state index contributed by atoms with van der Waals surface area (Å²) in [7, 11) is 3.73. The Balaban J connectivity index is 2.19. The molecule has 0 spiro atoms. The molecule has 0 amide bonds. The van der Waals surface area contributed by atoms with E-state index in [4.69, 9.17) is 0 Å². The molecule has 0 N–H and O–H groups in total. The van der Waals surface area contributed by atoms with Crippen molar-refractivity contribution in [2.45, 2.75) is 19.3 Å². The highest BCUT2D eigenvalue weighted by Crippen LogP contribution is 2.34. The fourth-order valence-corrected chi connectivity index (χ4v) is 3.44. The van der Waals surface area contributed by atoms with Crippen molar-refractivity contribution in [1.82, 2.24) is 14.6 Å². The summed E-state index contributed by atoms with van der Waals surface area (Å²) in [6, 6.07) is 0. The Hall–Kier alpha value is -1.69. The van der Waals surface area contributed by atoms with Crippen LogP contribution in [-0.4, -0.2) is 35.0 Å². The number of aryl methyl sites for hydroxylation is 2. The van der Waals surface area contributed by atoms with Crippen LogP contribution in [0, 0.1) is 0 Å². The molecule has 0 aliphatic heterocycles. The Morgan fingerprint density at radius 1 is 1.50 bits per heavy atom. The zero-order valence-electron chi connectivity index (χ0n) is 10.4. The maximum Gasteiger partial charge on any atom is 0.283 e. The molecule has 2 heterocycles. The van der Waals surface area contributed by atoms with E-state index in [2.05, 4.69) is 10.1 Å². The van der Waals surface area contributed by atoms with Crippen molar-refractivity contribution in [3.8, 4) is 0 Å². The summed E-state index contributed by atoms with van der Waals surface area (Å²) < 4.78 is 1.31. The molecule has 3 rings (SSSR count). The van der Waals surface area contributed by atoms with Gasteiger partial charge in [0.15, 0.2) is 0 Å². The van der Waals surface area contributed by atoms with Crippen LogP contribution in [0.25, 0.3) is 10.2 Å².